The molecule has 0 bridgehead atoms. The zero-order valence-corrected chi connectivity index (χ0v) is 10.3. The van der Waals surface area contributed by atoms with E-state index in [9.17, 15) is 9.59 Å². The highest BCUT2D eigenvalue weighted by atomic mass is 16.7. The highest BCUT2D eigenvalue weighted by molar-refractivity contribution is 5.97. The molecule has 1 aliphatic heterocycles. The van der Waals surface area contributed by atoms with Crippen LogP contribution in [0, 0.1) is 13.8 Å². The molecule has 1 N–H and O–H groups in total. The summed E-state index contributed by atoms with van der Waals surface area (Å²) in [6, 6.07) is 5.85. The van der Waals surface area contributed by atoms with Crippen molar-refractivity contribution in [3.05, 3.63) is 29.3 Å². The smallest absolute Gasteiger partial charge is 0.450 e. The van der Waals surface area contributed by atoms with E-state index in [2.05, 4.69) is 4.74 Å². The monoisotopic (exact) mass is 249 g/mol. The van der Waals surface area contributed by atoms with E-state index in [0.29, 0.717) is 0 Å². The molecule has 0 radical (unpaired) electrons. The number of nitrogens with zero attached hydrogens (tertiary/aromatic N) is 1. The van der Waals surface area contributed by atoms with E-state index in [0.717, 1.165) is 16.8 Å². The number of anilines is 1. The van der Waals surface area contributed by atoms with E-state index < -0.39 is 12.3 Å². The summed E-state index contributed by atoms with van der Waals surface area (Å²) in [6.07, 6.45) is -1.80. The van der Waals surface area contributed by atoms with E-state index >= 15 is 0 Å². The first-order valence-corrected chi connectivity index (χ1v) is 5.74. The molecule has 1 aliphatic rings. The maximum absolute atomic E-state index is 11.9. The number of aryl methyl sites for hydroxylation is 2. The number of carbonyl (C=O) groups excluding carboxylic acids is 1. The van der Waals surface area contributed by atoms with Crippen LogP contribution in [-0.2, 0) is 9.53 Å². The van der Waals surface area contributed by atoms with E-state index in [4.69, 9.17) is 5.11 Å². The quantitative estimate of drug-likeness (QED) is 0.815. The Kier molecular flexibility index (Phi) is 3.23. The van der Waals surface area contributed by atoms with E-state index in [1.54, 1.807) is 4.90 Å². The Morgan fingerprint density at radius 3 is 2.83 bits per heavy atom. The fourth-order valence-electron chi connectivity index (χ4n) is 2.14. The molecule has 1 aromatic rings. The number of hydrogen-bond acceptors (Lipinski definition) is 3. The molecule has 0 saturated carbocycles. The number of benzene rings is 1. The molecule has 1 amide bonds. The Morgan fingerprint density at radius 1 is 1.44 bits per heavy atom. The third-order valence-electron chi connectivity index (χ3n) is 3.01. The second-order valence-corrected chi connectivity index (χ2v) is 4.50. The molecule has 2 rings (SSSR count). The molecule has 1 saturated heterocycles. The molecule has 5 nitrogen and oxygen atoms in total. The SMILES string of the molecule is Cc1ccc(C)c(N2CC(OC(=O)O)CC2=O)c1. The van der Waals surface area contributed by atoms with Crippen LogP contribution in [0.25, 0.3) is 0 Å². The molecule has 5 heteroatoms. The number of hydrogen-bond donors (Lipinski definition) is 1. The van der Waals surface area contributed by atoms with Crippen molar-refractivity contribution >= 4 is 17.7 Å². The maximum Gasteiger partial charge on any atom is 0.506 e. The van der Waals surface area contributed by atoms with Gasteiger partial charge >= 0.3 is 6.16 Å². The fourth-order valence-corrected chi connectivity index (χ4v) is 2.14. The molecule has 0 aromatic heterocycles. The zero-order chi connectivity index (χ0) is 13.3. The molecule has 1 heterocycles. The van der Waals surface area contributed by atoms with Crippen LogP contribution in [0.2, 0.25) is 0 Å². The van der Waals surface area contributed by atoms with Gasteiger partial charge in [-0.25, -0.2) is 4.79 Å². The van der Waals surface area contributed by atoms with Crippen molar-refractivity contribution < 1.29 is 19.4 Å². The van der Waals surface area contributed by atoms with Gasteiger partial charge in [0, 0.05) is 5.69 Å². The van der Waals surface area contributed by atoms with Crippen LogP contribution in [0.3, 0.4) is 0 Å². The van der Waals surface area contributed by atoms with Crippen molar-refractivity contribution in [1.82, 2.24) is 0 Å². The fraction of sp³-hybridized carbons (Fsp3) is 0.385. The first-order valence-electron chi connectivity index (χ1n) is 5.74. The lowest BCUT2D eigenvalue weighted by atomic mass is 10.1. The van der Waals surface area contributed by atoms with Crippen LogP contribution < -0.4 is 4.90 Å². The highest BCUT2D eigenvalue weighted by Crippen LogP contribution is 2.27. The molecular formula is C13H15NO4. The first-order chi connectivity index (χ1) is 8.47. The molecule has 0 aliphatic carbocycles. The van der Waals surface area contributed by atoms with Crippen molar-refractivity contribution in [2.24, 2.45) is 0 Å². The van der Waals surface area contributed by atoms with E-state index in [1.807, 2.05) is 32.0 Å². The van der Waals surface area contributed by atoms with Gasteiger partial charge in [0.15, 0.2) is 0 Å². The first kappa shape index (κ1) is 12.4. The summed E-state index contributed by atoms with van der Waals surface area (Å²) in [4.78, 5) is 24.0. The van der Waals surface area contributed by atoms with Crippen LogP contribution in [0.5, 0.6) is 0 Å². The van der Waals surface area contributed by atoms with Crippen molar-refractivity contribution in [3.8, 4) is 0 Å². The average Bonchev–Trinajstić information content (AvgIpc) is 2.62. The molecule has 1 aromatic carbocycles. The Balaban J connectivity index is 2.21. The summed E-state index contributed by atoms with van der Waals surface area (Å²) < 4.78 is 4.66. The summed E-state index contributed by atoms with van der Waals surface area (Å²) in [6.45, 7) is 4.16. The minimum atomic E-state index is -1.34. The van der Waals surface area contributed by atoms with E-state index in [-0.39, 0.29) is 18.9 Å². The molecule has 96 valence electrons. The summed E-state index contributed by atoms with van der Waals surface area (Å²) in [7, 11) is 0. The molecular weight excluding hydrogens is 234 g/mol. The minimum absolute atomic E-state index is 0.102. The predicted octanol–water partition coefficient (Wildman–Crippen LogP) is 2.10. The van der Waals surface area contributed by atoms with Gasteiger partial charge in [0.25, 0.3) is 0 Å². The average molecular weight is 249 g/mol. The number of carboxylic acid groups (broad SMARTS) is 1. The van der Waals surface area contributed by atoms with Crippen molar-refractivity contribution in [1.29, 1.82) is 0 Å². The van der Waals surface area contributed by atoms with Crippen molar-refractivity contribution in [2.75, 3.05) is 11.4 Å². The molecule has 0 spiro atoms. The number of ether oxygens (including phenoxy) is 1. The Labute approximate surface area is 105 Å². The van der Waals surface area contributed by atoms with Crippen LogP contribution in [-0.4, -0.2) is 29.8 Å². The molecule has 1 unspecified atom stereocenters. The lowest BCUT2D eigenvalue weighted by molar-refractivity contribution is -0.117. The van der Waals surface area contributed by atoms with Gasteiger partial charge in [0.05, 0.1) is 13.0 Å². The number of rotatable bonds is 2. The van der Waals surface area contributed by atoms with Crippen LogP contribution in [0.1, 0.15) is 17.5 Å². The summed E-state index contributed by atoms with van der Waals surface area (Å²) in [5, 5.41) is 8.56. The largest absolute Gasteiger partial charge is 0.506 e. The second-order valence-electron chi connectivity index (χ2n) is 4.50. The van der Waals surface area contributed by atoms with Crippen LogP contribution in [0.15, 0.2) is 18.2 Å². The number of amides is 1. The Bertz CT molecular complexity index is 498. The normalized spacial score (nSPS) is 19.1. The van der Waals surface area contributed by atoms with Gasteiger partial charge in [-0.1, -0.05) is 12.1 Å². The third kappa shape index (κ3) is 2.45. The van der Waals surface area contributed by atoms with Gasteiger partial charge in [-0.05, 0) is 31.0 Å². The lowest BCUT2D eigenvalue weighted by Gasteiger charge is -2.19. The van der Waals surface area contributed by atoms with Crippen molar-refractivity contribution in [2.45, 2.75) is 26.4 Å². The standard InChI is InChI=1S/C13H15NO4/c1-8-3-4-9(2)11(5-8)14-7-10(6-12(14)15)18-13(16)17/h3-5,10H,6-7H2,1-2H3,(H,16,17). The van der Waals surface area contributed by atoms with Crippen LogP contribution >= 0.6 is 0 Å². The molecule has 18 heavy (non-hydrogen) atoms. The van der Waals surface area contributed by atoms with Gasteiger partial charge in [-0.15, -0.1) is 0 Å². The molecule has 1 atom stereocenters. The summed E-state index contributed by atoms with van der Waals surface area (Å²) >= 11 is 0. The van der Waals surface area contributed by atoms with E-state index in [1.165, 1.54) is 0 Å². The summed E-state index contributed by atoms with van der Waals surface area (Å²) in [5.41, 5.74) is 2.88. The maximum atomic E-state index is 11.9. The predicted molar refractivity (Wildman–Crippen MR) is 65.8 cm³/mol. The Hall–Kier alpha value is -2.04. The minimum Gasteiger partial charge on any atom is -0.450 e. The van der Waals surface area contributed by atoms with Gasteiger partial charge < -0.3 is 14.7 Å². The van der Waals surface area contributed by atoms with Gasteiger partial charge in [-0.3, -0.25) is 4.79 Å². The highest BCUT2D eigenvalue weighted by Gasteiger charge is 2.33. The Morgan fingerprint density at radius 2 is 2.17 bits per heavy atom. The third-order valence-corrected chi connectivity index (χ3v) is 3.01. The van der Waals surface area contributed by atoms with Crippen molar-refractivity contribution in [3.63, 3.8) is 0 Å². The van der Waals surface area contributed by atoms with Gasteiger partial charge in [-0.2, -0.15) is 0 Å². The number of carbonyl (C=O) groups is 2. The van der Waals surface area contributed by atoms with Crippen LogP contribution in [0.4, 0.5) is 10.5 Å². The second kappa shape index (κ2) is 4.68. The lowest BCUT2D eigenvalue weighted by Crippen LogP contribution is -2.27. The van der Waals surface area contributed by atoms with Gasteiger partial charge in [0.2, 0.25) is 5.91 Å². The topological polar surface area (TPSA) is 66.8 Å². The zero-order valence-electron chi connectivity index (χ0n) is 10.3. The summed E-state index contributed by atoms with van der Waals surface area (Å²) in [5.74, 6) is -0.102. The molecule has 1 fully saturated rings. The van der Waals surface area contributed by atoms with Gasteiger partial charge in [0.1, 0.15) is 6.10 Å².